The van der Waals surface area contributed by atoms with Crippen LogP contribution in [-0.4, -0.2) is 47.0 Å². The lowest BCUT2D eigenvalue weighted by molar-refractivity contribution is -0.122. The molecule has 1 saturated heterocycles. The highest BCUT2D eigenvalue weighted by Gasteiger charge is 2.20. The number of ether oxygens (including phenoxy) is 2. The molecule has 3 heterocycles. The summed E-state index contributed by atoms with van der Waals surface area (Å²) in [6.07, 6.45) is 1.98. The molecule has 1 fully saturated rings. The molecule has 1 aliphatic rings. The van der Waals surface area contributed by atoms with Gasteiger partial charge >= 0.3 is 0 Å². The Labute approximate surface area is 171 Å². The zero-order valence-corrected chi connectivity index (χ0v) is 17.1. The summed E-state index contributed by atoms with van der Waals surface area (Å²) in [5, 5.41) is 8.10. The summed E-state index contributed by atoms with van der Waals surface area (Å²) in [6.45, 7) is 2.84. The fourth-order valence-corrected chi connectivity index (χ4v) is 4.27. The Morgan fingerprint density at radius 3 is 3.07 bits per heavy atom. The van der Waals surface area contributed by atoms with Gasteiger partial charge in [0.2, 0.25) is 5.91 Å². The molecule has 1 aromatic carbocycles. The van der Waals surface area contributed by atoms with E-state index in [4.69, 9.17) is 9.47 Å². The molecule has 8 nitrogen and oxygen atoms in total. The Balaban J connectivity index is 1.67. The summed E-state index contributed by atoms with van der Waals surface area (Å²) in [6, 6.07) is 7.45. The van der Waals surface area contributed by atoms with Crippen molar-refractivity contribution in [2.45, 2.75) is 32.4 Å². The van der Waals surface area contributed by atoms with Crippen molar-refractivity contribution in [3.63, 3.8) is 0 Å². The zero-order chi connectivity index (χ0) is 20.4. The summed E-state index contributed by atoms with van der Waals surface area (Å²) in [5.41, 5.74) is 1.36. The lowest BCUT2D eigenvalue weighted by atomic mass is 10.1. The Kier molecular flexibility index (Phi) is 5.59. The van der Waals surface area contributed by atoms with Crippen molar-refractivity contribution < 1.29 is 14.3 Å². The van der Waals surface area contributed by atoms with Crippen molar-refractivity contribution in [1.29, 1.82) is 0 Å². The molecular formula is C20H22N4O4S. The van der Waals surface area contributed by atoms with Crippen molar-refractivity contribution in [2.24, 2.45) is 0 Å². The minimum atomic E-state index is -0.372. The van der Waals surface area contributed by atoms with Crippen LogP contribution in [0.4, 0.5) is 0 Å². The number of carbonyl (C=O) groups excluding carboxylic acids is 1. The van der Waals surface area contributed by atoms with E-state index in [9.17, 15) is 9.59 Å². The van der Waals surface area contributed by atoms with Gasteiger partial charge in [0.25, 0.3) is 5.56 Å². The predicted molar refractivity (Wildman–Crippen MR) is 110 cm³/mol. The number of nitrogens with zero attached hydrogens (tertiary/aromatic N) is 3. The average molecular weight is 414 g/mol. The van der Waals surface area contributed by atoms with E-state index in [2.05, 4.69) is 15.4 Å². The van der Waals surface area contributed by atoms with Gasteiger partial charge in [-0.05, 0) is 31.9 Å². The number of rotatable bonds is 6. The quantitative estimate of drug-likeness (QED) is 0.664. The maximum Gasteiger partial charge on any atom is 0.294 e. The van der Waals surface area contributed by atoms with Crippen LogP contribution in [0.25, 0.3) is 21.5 Å². The largest absolute Gasteiger partial charge is 0.497 e. The molecule has 9 heteroatoms. The van der Waals surface area contributed by atoms with Gasteiger partial charge in [0.05, 0.1) is 22.9 Å². The monoisotopic (exact) mass is 414 g/mol. The maximum absolute atomic E-state index is 12.9. The van der Waals surface area contributed by atoms with Crippen molar-refractivity contribution in [1.82, 2.24) is 20.1 Å². The highest BCUT2D eigenvalue weighted by atomic mass is 32.1. The van der Waals surface area contributed by atoms with Gasteiger partial charge in [0.15, 0.2) is 5.52 Å². The third-order valence-electron chi connectivity index (χ3n) is 4.79. The standard InChI is InChI=1S/C20H22N4O4S/c1-12-22-18-19(29-12)17(13-5-3-6-14(9-13)27-2)23-24(20(18)26)11-16(25)21-10-15-7-4-8-28-15/h3,5-6,9,15H,4,7-8,10-11H2,1-2H3,(H,21,25)/t15-/m0/s1. The first-order valence-corrected chi connectivity index (χ1v) is 10.3. The number of thiazole rings is 1. The van der Waals surface area contributed by atoms with E-state index in [0.29, 0.717) is 28.2 Å². The topological polar surface area (TPSA) is 95.3 Å². The van der Waals surface area contributed by atoms with Crippen LogP contribution in [-0.2, 0) is 16.1 Å². The number of hydrogen-bond donors (Lipinski definition) is 1. The number of aryl methyl sites for hydroxylation is 1. The molecule has 0 unspecified atom stereocenters. The highest BCUT2D eigenvalue weighted by Crippen LogP contribution is 2.31. The number of aromatic nitrogens is 3. The fraction of sp³-hybridized carbons (Fsp3) is 0.400. The van der Waals surface area contributed by atoms with Crippen LogP contribution in [0, 0.1) is 6.92 Å². The first-order chi connectivity index (χ1) is 14.0. The Morgan fingerprint density at radius 2 is 2.31 bits per heavy atom. The van der Waals surface area contributed by atoms with Crippen molar-refractivity contribution in [2.75, 3.05) is 20.3 Å². The van der Waals surface area contributed by atoms with Crippen LogP contribution in [0.3, 0.4) is 0 Å². The number of fused-ring (bicyclic) bond motifs is 1. The van der Waals surface area contributed by atoms with Crippen molar-refractivity contribution in [3.05, 3.63) is 39.6 Å². The first-order valence-electron chi connectivity index (χ1n) is 9.46. The second-order valence-corrected chi connectivity index (χ2v) is 8.10. The van der Waals surface area contributed by atoms with Gasteiger partial charge < -0.3 is 14.8 Å². The van der Waals surface area contributed by atoms with Gasteiger partial charge in [-0.25, -0.2) is 9.67 Å². The van der Waals surface area contributed by atoms with Crippen LogP contribution in [0.1, 0.15) is 17.8 Å². The number of carbonyl (C=O) groups is 1. The average Bonchev–Trinajstić information content (AvgIpc) is 3.38. The molecule has 1 atom stereocenters. The van der Waals surface area contributed by atoms with Gasteiger partial charge in [-0.3, -0.25) is 9.59 Å². The van der Waals surface area contributed by atoms with Crippen LogP contribution in [0.5, 0.6) is 5.75 Å². The first kappa shape index (κ1) is 19.5. The molecule has 1 amide bonds. The molecule has 4 rings (SSSR count). The van der Waals surface area contributed by atoms with Crippen molar-refractivity contribution >= 4 is 27.5 Å². The molecular weight excluding hydrogens is 392 g/mol. The van der Waals surface area contributed by atoms with E-state index in [0.717, 1.165) is 30.0 Å². The van der Waals surface area contributed by atoms with Gasteiger partial charge in [-0.15, -0.1) is 11.3 Å². The fourth-order valence-electron chi connectivity index (χ4n) is 3.36. The third kappa shape index (κ3) is 4.15. The minimum Gasteiger partial charge on any atom is -0.497 e. The molecule has 1 N–H and O–H groups in total. The summed E-state index contributed by atoms with van der Waals surface area (Å²) in [5.74, 6) is 0.406. The number of hydrogen-bond acceptors (Lipinski definition) is 7. The molecule has 0 radical (unpaired) electrons. The normalized spacial score (nSPS) is 16.3. The van der Waals surface area contributed by atoms with Gasteiger partial charge in [0, 0.05) is 18.7 Å². The molecule has 1 aliphatic heterocycles. The molecule has 0 aliphatic carbocycles. The predicted octanol–water partition coefficient (Wildman–Crippen LogP) is 2.13. The lowest BCUT2D eigenvalue weighted by Gasteiger charge is -2.12. The summed E-state index contributed by atoms with van der Waals surface area (Å²) < 4.78 is 12.7. The molecule has 0 saturated carbocycles. The van der Waals surface area contributed by atoms with E-state index in [1.54, 1.807) is 7.11 Å². The van der Waals surface area contributed by atoms with Crippen molar-refractivity contribution in [3.8, 4) is 17.0 Å². The van der Waals surface area contributed by atoms with Gasteiger partial charge in [-0.2, -0.15) is 5.10 Å². The number of nitrogens with one attached hydrogen (secondary N) is 1. The molecule has 29 heavy (non-hydrogen) atoms. The Bertz CT molecular complexity index is 1100. The second kappa shape index (κ2) is 8.30. The molecule has 152 valence electrons. The maximum atomic E-state index is 12.9. The summed E-state index contributed by atoms with van der Waals surface area (Å²) >= 11 is 1.41. The number of benzene rings is 1. The van der Waals surface area contributed by atoms with Crippen LogP contribution in [0.15, 0.2) is 29.1 Å². The second-order valence-electron chi connectivity index (χ2n) is 6.89. The van der Waals surface area contributed by atoms with Gasteiger partial charge in [0.1, 0.15) is 18.0 Å². The SMILES string of the molecule is COc1cccc(-c2nn(CC(=O)NC[C@@H]3CCCO3)c(=O)c3nc(C)sc23)c1. The minimum absolute atomic E-state index is 0.0413. The number of amides is 1. The Morgan fingerprint density at radius 1 is 1.45 bits per heavy atom. The third-order valence-corrected chi connectivity index (χ3v) is 5.77. The Hall–Kier alpha value is -2.78. The van der Waals surface area contributed by atoms with Crippen LogP contribution in [0.2, 0.25) is 0 Å². The number of methoxy groups -OCH3 is 1. The van der Waals surface area contributed by atoms with E-state index in [1.807, 2.05) is 31.2 Å². The molecule has 0 bridgehead atoms. The molecule has 0 spiro atoms. The van der Waals surface area contributed by atoms with Gasteiger partial charge in [-0.1, -0.05) is 12.1 Å². The van der Waals surface area contributed by atoms with E-state index in [1.165, 1.54) is 16.0 Å². The summed E-state index contributed by atoms with van der Waals surface area (Å²) in [4.78, 5) is 29.6. The van der Waals surface area contributed by atoms with Crippen LogP contribution >= 0.6 is 11.3 Å². The highest BCUT2D eigenvalue weighted by molar-refractivity contribution is 7.19. The van der Waals surface area contributed by atoms with E-state index in [-0.39, 0.29) is 24.1 Å². The molecule has 3 aromatic rings. The summed E-state index contributed by atoms with van der Waals surface area (Å²) in [7, 11) is 1.60. The van der Waals surface area contributed by atoms with E-state index >= 15 is 0 Å². The lowest BCUT2D eigenvalue weighted by Crippen LogP contribution is -2.37. The molecule has 2 aromatic heterocycles. The smallest absolute Gasteiger partial charge is 0.294 e. The zero-order valence-electron chi connectivity index (χ0n) is 16.3. The van der Waals surface area contributed by atoms with Crippen LogP contribution < -0.4 is 15.6 Å². The van der Waals surface area contributed by atoms with E-state index < -0.39 is 0 Å².